The van der Waals surface area contributed by atoms with E-state index in [0.717, 1.165) is 22.8 Å². The van der Waals surface area contributed by atoms with Gasteiger partial charge < -0.3 is 13.9 Å². The average Bonchev–Trinajstić information content (AvgIpc) is 3.00. The summed E-state index contributed by atoms with van der Waals surface area (Å²) in [5, 5.41) is 9.51. The third kappa shape index (κ3) is 3.55. The minimum atomic E-state index is -0.334. The third-order valence-electron chi connectivity index (χ3n) is 4.04. The summed E-state index contributed by atoms with van der Waals surface area (Å²) >= 11 is 0. The van der Waals surface area contributed by atoms with Crippen molar-refractivity contribution < 1.29 is 14.3 Å². The topological polar surface area (TPSA) is 63.7 Å². The molecule has 132 valence electrons. The number of rotatable bonds is 7. The summed E-state index contributed by atoms with van der Waals surface area (Å²) in [5.41, 5.74) is 2.19. The molecule has 3 aromatic rings. The van der Waals surface area contributed by atoms with Crippen molar-refractivity contribution in [1.29, 1.82) is 5.26 Å². The fourth-order valence-electron chi connectivity index (χ4n) is 2.91. The summed E-state index contributed by atoms with van der Waals surface area (Å²) in [4.78, 5) is 12.7. The predicted octanol–water partition coefficient (Wildman–Crippen LogP) is 4.51. The maximum absolute atomic E-state index is 12.7. The fraction of sp³-hybridized carbons (Fsp3) is 0.238. The number of benzene rings is 1. The van der Waals surface area contributed by atoms with E-state index in [9.17, 15) is 4.79 Å². The number of carbonyl (C=O) groups excluding carboxylic acids is 1. The van der Waals surface area contributed by atoms with Crippen LogP contribution >= 0.6 is 0 Å². The van der Waals surface area contributed by atoms with Gasteiger partial charge >= 0.3 is 5.97 Å². The molecule has 0 saturated heterocycles. The van der Waals surface area contributed by atoms with Crippen molar-refractivity contribution >= 4 is 22.4 Å². The van der Waals surface area contributed by atoms with E-state index in [1.807, 2.05) is 46.9 Å². The van der Waals surface area contributed by atoms with Crippen LogP contribution in [0.25, 0.3) is 16.4 Å². The number of hydrogen-bond acceptors (Lipinski definition) is 4. The van der Waals surface area contributed by atoms with E-state index < -0.39 is 0 Å². The lowest BCUT2D eigenvalue weighted by atomic mass is 10.1. The van der Waals surface area contributed by atoms with Crippen LogP contribution in [0.15, 0.2) is 54.7 Å². The molecular weight excluding hydrogens is 328 g/mol. The molecular formula is C21H20N2O3. The normalized spacial score (nSPS) is 11.1. The Balaban J connectivity index is 1.96. The van der Waals surface area contributed by atoms with Crippen LogP contribution in [0.5, 0.6) is 5.75 Å². The largest absolute Gasteiger partial charge is 0.477 e. The molecule has 1 aromatic carbocycles. The van der Waals surface area contributed by atoms with Crippen molar-refractivity contribution in [1.82, 2.24) is 4.40 Å². The van der Waals surface area contributed by atoms with E-state index in [1.54, 1.807) is 12.3 Å². The van der Waals surface area contributed by atoms with Crippen molar-refractivity contribution in [3.8, 4) is 11.8 Å². The Bertz CT molecular complexity index is 996. The third-order valence-corrected chi connectivity index (χ3v) is 4.04. The number of ether oxygens (including phenoxy) is 2. The summed E-state index contributed by atoms with van der Waals surface area (Å²) in [6, 6.07) is 13.2. The highest BCUT2D eigenvalue weighted by Gasteiger charge is 2.19. The molecule has 2 heterocycles. The van der Waals surface area contributed by atoms with E-state index in [2.05, 4.69) is 13.0 Å². The maximum atomic E-state index is 12.7. The standard InChI is InChI=1S/C21H20N2O3/c1-2-3-4-7-13-26-21(24)20-17-8-5-6-9-18(17)23-15-16(25-14-12-22)10-11-19(20)23/h3-6,8-11,15H,2,7,13-14H2,1H3/b4-3+. The van der Waals surface area contributed by atoms with Crippen LogP contribution in [-0.2, 0) is 4.74 Å². The monoisotopic (exact) mass is 348 g/mol. The quantitative estimate of drug-likeness (QED) is 0.358. The molecule has 0 unspecified atom stereocenters. The highest BCUT2D eigenvalue weighted by molar-refractivity contribution is 6.11. The Labute approximate surface area is 152 Å². The van der Waals surface area contributed by atoms with Crippen molar-refractivity contribution in [2.75, 3.05) is 13.2 Å². The van der Waals surface area contributed by atoms with Gasteiger partial charge in [0, 0.05) is 5.39 Å². The second kappa shape index (κ2) is 8.21. The Morgan fingerprint density at radius 1 is 1.19 bits per heavy atom. The lowest BCUT2D eigenvalue weighted by Gasteiger charge is -2.05. The summed E-state index contributed by atoms with van der Waals surface area (Å²) in [5.74, 6) is 0.240. The van der Waals surface area contributed by atoms with Gasteiger partial charge in [-0.15, -0.1) is 0 Å². The molecule has 26 heavy (non-hydrogen) atoms. The number of para-hydroxylation sites is 1. The lowest BCUT2D eigenvalue weighted by Crippen LogP contribution is -2.06. The van der Waals surface area contributed by atoms with Crippen molar-refractivity contribution in [3.63, 3.8) is 0 Å². The van der Waals surface area contributed by atoms with Crippen LogP contribution in [0.2, 0.25) is 0 Å². The number of nitriles is 1. The van der Waals surface area contributed by atoms with Crippen LogP contribution < -0.4 is 4.74 Å². The molecule has 0 fully saturated rings. The van der Waals surface area contributed by atoms with Crippen LogP contribution in [0.3, 0.4) is 0 Å². The predicted molar refractivity (Wildman–Crippen MR) is 100 cm³/mol. The highest BCUT2D eigenvalue weighted by Crippen LogP contribution is 2.29. The molecule has 5 heteroatoms. The van der Waals surface area contributed by atoms with Gasteiger partial charge in [0.1, 0.15) is 11.8 Å². The van der Waals surface area contributed by atoms with Crippen LogP contribution in [-0.4, -0.2) is 23.6 Å². The fourth-order valence-corrected chi connectivity index (χ4v) is 2.91. The van der Waals surface area contributed by atoms with Gasteiger partial charge in [0.05, 0.1) is 29.4 Å². The zero-order chi connectivity index (χ0) is 18.4. The zero-order valence-electron chi connectivity index (χ0n) is 14.6. The molecule has 2 aromatic heterocycles. The number of aromatic nitrogens is 1. The number of pyridine rings is 1. The molecule has 0 aliphatic rings. The average molecular weight is 348 g/mol. The summed E-state index contributed by atoms with van der Waals surface area (Å²) in [6.07, 6.45) is 7.53. The zero-order valence-corrected chi connectivity index (χ0v) is 14.6. The first-order chi connectivity index (χ1) is 12.8. The molecule has 5 nitrogen and oxygen atoms in total. The number of allylic oxidation sites excluding steroid dienone is 1. The SMILES string of the molecule is CC/C=C/CCOC(=O)c1c2ccccc2n2cc(OCC#N)ccc12. The number of fused-ring (bicyclic) bond motifs is 3. The van der Waals surface area contributed by atoms with E-state index in [4.69, 9.17) is 14.7 Å². The van der Waals surface area contributed by atoms with Gasteiger partial charge in [-0.25, -0.2) is 4.79 Å². The van der Waals surface area contributed by atoms with Gasteiger partial charge in [0.2, 0.25) is 0 Å². The molecule has 0 atom stereocenters. The van der Waals surface area contributed by atoms with E-state index in [1.165, 1.54) is 0 Å². The van der Waals surface area contributed by atoms with E-state index in [-0.39, 0.29) is 12.6 Å². The lowest BCUT2D eigenvalue weighted by molar-refractivity contribution is 0.0516. The molecule has 0 aliphatic carbocycles. The Kier molecular flexibility index (Phi) is 5.55. The van der Waals surface area contributed by atoms with Crippen molar-refractivity contribution in [2.24, 2.45) is 0 Å². The van der Waals surface area contributed by atoms with Crippen LogP contribution in [0.1, 0.15) is 30.1 Å². The Morgan fingerprint density at radius 2 is 2.04 bits per heavy atom. The molecule has 0 saturated carbocycles. The van der Waals surface area contributed by atoms with Gasteiger partial charge in [-0.1, -0.05) is 37.3 Å². The van der Waals surface area contributed by atoms with Gasteiger partial charge in [0.15, 0.2) is 6.61 Å². The number of hydrogen-bond donors (Lipinski definition) is 0. The summed E-state index contributed by atoms with van der Waals surface area (Å²) in [7, 11) is 0. The van der Waals surface area contributed by atoms with E-state index >= 15 is 0 Å². The smallest absolute Gasteiger partial charge is 0.340 e. The van der Waals surface area contributed by atoms with Gasteiger partial charge in [-0.2, -0.15) is 5.26 Å². The van der Waals surface area contributed by atoms with Crippen LogP contribution in [0.4, 0.5) is 0 Å². The Hall–Kier alpha value is -3.26. The van der Waals surface area contributed by atoms with E-state index in [0.29, 0.717) is 24.3 Å². The first-order valence-corrected chi connectivity index (χ1v) is 8.61. The molecule has 0 N–H and O–H groups in total. The molecule has 0 bridgehead atoms. The minimum Gasteiger partial charge on any atom is -0.477 e. The highest BCUT2D eigenvalue weighted by atomic mass is 16.5. The molecule has 0 aliphatic heterocycles. The van der Waals surface area contributed by atoms with Gasteiger partial charge in [0.25, 0.3) is 0 Å². The molecule has 0 amide bonds. The Morgan fingerprint density at radius 3 is 2.85 bits per heavy atom. The summed E-state index contributed by atoms with van der Waals surface area (Å²) < 4.78 is 12.7. The number of carbonyl (C=O) groups is 1. The van der Waals surface area contributed by atoms with Gasteiger partial charge in [-0.05, 0) is 31.0 Å². The van der Waals surface area contributed by atoms with Crippen LogP contribution in [0, 0.1) is 11.3 Å². The van der Waals surface area contributed by atoms with Crippen molar-refractivity contribution in [3.05, 3.63) is 60.3 Å². The first-order valence-electron chi connectivity index (χ1n) is 8.61. The second-order valence-electron chi connectivity index (χ2n) is 5.76. The molecule has 3 rings (SSSR count). The second-order valence-corrected chi connectivity index (χ2v) is 5.76. The van der Waals surface area contributed by atoms with Crippen molar-refractivity contribution in [2.45, 2.75) is 19.8 Å². The van der Waals surface area contributed by atoms with Gasteiger partial charge in [-0.3, -0.25) is 0 Å². The maximum Gasteiger partial charge on any atom is 0.340 e. The minimum absolute atomic E-state index is 0.0229. The first kappa shape index (κ1) is 17.6. The molecule has 0 spiro atoms. The number of nitrogens with zero attached hydrogens (tertiary/aromatic N) is 2. The summed E-state index contributed by atoms with van der Waals surface area (Å²) in [6.45, 7) is 2.39. The number of esters is 1. The molecule has 0 radical (unpaired) electrons.